The number of amides is 1. The van der Waals surface area contributed by atoms with E-state index in [0.717, 1.165) is 11.1 Å². The monoisotopic (exact) mass is 374 g/mol. The van der Waals surface area contributed by atoms with Crippen molar-refractivity contribution in [2.45, 2.75) is 0 Å². The molecule has 0 saturated heterocycles. The number of hydrogen-bond donors (Lipinski definition) is 1. The Morgan fingerprint density at radius 2 is 1.56 bits per heavy atom. The predicted molar refractivity (Wildman–Crippen MR) is 108 cm³/mol. The molecule has 0 saturated carbocycles. The molecule has 4 rings (SSSR count). The van der Waals surface area contributed by atoms with E-state index >= 15 is 0 Å². The van der Waals surface area contributed by atoms with Gasteiger partial charge in [0.2, 0.25) is 0 Å². The smallest absolute Gasteiger partial charge is 0.282 e. The van der Waals surface area contributed by atoms with Crippen LogP contribution < -0.4 is 4.90 Å². The molecule has 1 amide bonds. The average Bonchev–Trinajstić information content (AvgIpc) is 3.01. The molecule has 0 aliphatic carbocycles. The molecule has 1 aliphatic heterocycles. The van der Waals surface area contributed by atoms with Gasteiger partial charge >= 0.3 is 0 Å². The van der Waals surface area contributed by atoms with E-state index in [1.165, 1.54) is 0 Å². The van der Waals surface area contributed by atoms with Crippen LogP contribution in [-0.2, 0) is 4.79 Å². The van der Waals surface area contributed by atoms with Crippen molar-refractivity contribution in [3.8, 4) is 5.75 Å². The van der Waals surface area contributed by atoms with Gasteiger partial charge < -0.3 is 5.11 Å². The Hall–Kier alpha value is -3.37. The maximum Gasteiger partial charge on any atom is 0.282 e. The van der Waals surface area contributed by atoms with Crippen LogP contribution in [-0.4, -0.2) is 16.8 Å². The van der Waals surface area contributed by atoms with Gasteiger partial charge in [-0.15, -0.1) is 0 Å². The third kappa shape index (κ3) is 3.48. The molecule has 1 N–H and O–H groups in total. The standard InChI is InChI=1S/C22H15ClN2O2/c23-17-8-6-15(7-9-17)14-20-22(27)25(18-10-12-19(26)13-11-18)21(24-20)16-4-2-1-3-5-16/h1-14,26H. The number of aromatic hydroxyl groups is 1. The third-order valence-electron chi connectivity index (χ3n) is 4.17. The molecule has 3 aromatic carbocycles. The molecule has 0 bridgehead atoms. The van der Waals surface area contributed by atoms with Gasteiger partial charge in [0, 0.05) is 10.6 Å². The highest BCUT2D eigenvalue weighted by Crippen LogP contribution is 2.29. The predicted octanol–water partition coefficient (Wildman–Crippen LogP) is 4.88. The Morgan fingerprint density at radius 1 is 0.889 bits per heavy atom. The van der Waals surface area contributed by atoms with E-state index in [1.807, 2.05) is 42.5 Å². The van der Waals surface area contributed by atoms with E-state index in [-0.39, 0.29) is 11.7 Å². The molecule has 0 aromatic heterocycles. The summed E-state index contributed by atoms with van der Waals surface area (Å²) in [5, 5.41) is 10.2. The van der Waals surface area contributed by atoms with Gasteiger partial charge in [0.25, 0.3) is 5.91 Å². The number of phenols is 1. The van der Waals surface area contributed by atoms with Crippen LogP contribution in [0.1, 0.15) is 11.1 Å². The number of aliphatic imine (C=N–C) groups is 1. The molecular formula is C22H15ClN2O2. The van der Waals surface area contributed by atoms with Gasteiger partial charge in [0.05, 0.1) is 5.69 Å². The van der Waals surface area contributed by atoms with E-state index in [2.05, 4.69) is 4.99 Å². The first kappa shape index (κ1) is 17.1. The molecule has 0 atom stereocenters. The summed E-state index contributed by atoms with van der Waals surface area (Å²) in [6, 6.07) is 23.2. The number of amidine groups is 1. The van der Waals surface area contributed by atoms with Crippen LogP contribution in [0.5, 0.6) is 5.75 Å². The normalized spacial score (nSPS) is 15.3. The van der Waals surface area contributed by atoms with Crippen molar-refractivity contribution in [1.29, 1.82) is 0 Å². The molecular weight excluding hydrogens is 360 g/mol. The Labute approximate surface area is 161 Å². The van der Waals surface area contributed by atoms with Gasteiger partial charge in [-0.1, -0.05) is 54.1 Å². The number of nitrogens with zero attached hydrogens (tertiary/aromatic N) is 2. The molecule has 5 heteroatoms. The number of carbonyl (C=O) groups excluding carboxylic acids is 1. The number of phenolic OH excluding ortho intramolecular Hbond substituents is 1. The summed E-state index contributed by atoms with van der Waals surface area (Å²) in [4.78, 5) is 19.2. The second-order valence-electron chi connectivity index (χ2n) is 6.04. The molecule has 0 spiro atoms. The van der Waals surface area contributed by atoms with Crippen molar-refractivity contribution >= 4 is 35.1 Å². The van der Waals surface area contributed by atoms with Crippen LogP contribution >= 0.6 is 11.6 Å². The first-order valence-electron chi connectivity index (χ1n) is 8.37. The van der Waals surface area contributed by atoms with Gasteiger partial charge in [-0.3, -0.25) is 9.69 Å². The molecule has 1 aliphatic rings. The molecule has 27 heavy (non-hydrogen) atoms. The highest BCUT2D eigenvalue weighted by molar-refractivity contribution is 6.33. The van der Waals surface area contributed by atoms with Crippen molar-refractivity contribution in [2.75, 3.05) is 4.90 Å². The lowest BCUT2D eigenvalue weighted by molar-refractivity contribution is -0.113. The maximum absolute atomic E-state index is 13.1. The van der Waals surface area contributed by atoms with E-state index in [0.29, 0.717) is 22.2 Å². The summed E-state index contributed by atoms with van der Waals surface area (Å²) in [6.45, 7) is 0. The average molecular weight is 375 g/mol. The summed E-state index contributed by atoms with van der Waals surface area (Å²) < 4.78 is 0. The summed E-state index contributed by atoms with van der Waals surface area (Å²) in [6.07, 6.45) is 1.74. The number of carbonyl (C=O) groups is 1. The molecule has 3 aromatic rings. The van der Waals surface area contributed by atoms with Gasteiger partial charge in [0.15, 0.2) is 0 Å². The number of anilines is 1. The molecule has 4 nitrogen and oxygen atoms in total. The molecule has 132 valence electrons. The lowest BCUT2D eigenvalue weighted by Crippen LogP contribution is -2.32. The quantitative estimate of drug-likeness (QED) is 0.664. The van der Waals surface area contributed by atoms with Crippen LogP contribution in [0.4, 0.5) is 5.69 Å². The fraction of sp³-hybridized carbons (Fsp3) is 0. The van der Waals surface area contributed by atoms with Gasteiger partial charge in [0.1, 0.15) is 17.3 Å². The van der Waals surface area contributed by atoms with Crippen LogP contribution in [0.3, 0.4) is 0 Å². The van der Waals surface area contributed by atoms with Crippen LogP contribution in [0, 0.1) is 0 Å². The van der Waals surface area contributed by atoms with Crippen LogP contribution in [0.2, 0.25) is 5.02 Å². The lowest BCUT2D eigenvalue weighted by atomic mass is 10.1. The minimum atomic E-state index is -0.227. The highest BCUT2D eigenvalue weighted by atomic mass is 35.5. The fourth-order valence-corrected chi connectivity index (χ4v) is 2.98. The molecule has 0 unspecified atom stereocenters. The topological polar surface area (TPSA) is 52.9 Å². The van der Waals surface area contributed by atoms with E-state index in [4.69, 9.17) is 11.6 Å². The van der Waals surface area contributed by atoms with E-state index < -0.39 is 0 Å². The zero-order chi connectivity index (χ0) is 18.8. The summed E-state index contributed by atoms with van der Waals surface area (Å²) in [7, 11) is 0. The minimum absolute atomic E-state index is 0.139. The Morgan fingerprint density at radius 3 is 2.22 bits per heavy atom. The Bertz CT molecular complexity index is 1040. The third-order valence-corrected chi connectivity index (χ3v) is 4.43. The molecule has 0 radical (unpaired) electrons. The molecule has 0 fully saturated rings. The SMILES string of the molecule is O=C1C(=Cc2ccc(Cl)cc2)N=C(c2ccccc2)N1c1ccc(O)cc1. The largest absolute Gasteiger partial charge is 0.508 e. The van der Waals surface area contributed by atoms with Crippen molar-refractivity contribution in [2.24, 2.45) is 4.99 Å². The van der Waals surface area contributed by atoms with Gasteiger partial charge in [-0.25, -0.2) is 4.99 Å². The van der Waals surface area contributed by atoms with Crippen LogP contribution in [0.15, 0.2) is 89.6 Å². The van der Waals surface area contributed by atoms with Crippen LogP contribution in [0.25, 0.3) is 6.08 Å². The van der Waals surface area contributed by atoms with E-state index in [9.17, 15) is 9.90 Å². The zero-order valence-electron chi connectivity index (χ0n) is 14.2. The van der Waals surface area contributed by atoms with Crippen molar-refractivity contribution in [1.82, 2.24) is 0 Å². The summed E-state index contributed by atoms with van der Waals surface area (Å²) in [5.41, 5.74) is 2.65. The summed E-state index contributed by atoms with van der Waals surface area (Å²) in [5.74, 6) is 0.460. The first-order chi connectivity index (χ1) is 13.1. The number of halogens is 1. The highest BCUT2D eigenvalue weighted by Gasteiger charge is 2.32. The van der Waals surface area contributed by atoms with Crippen molar-refractivity contribution in [3.05, 3.63) is 101 Å². The number of benzene rings is 3. The minimum Gasteiger partial charge on any atom is -0.508 e. The second kappa shape index (κ2) is 7.09. The first-order valence-corrected chi connectivity index (χ1v) is 8.74. The zero-order valence-corrected chi connectivity index (χ0v) is 15.0. The van der Waals surface area contributed by atoms with Crippen molar-refractivity contribution in [3.63, 3.8) is 0 Å². The second-order valence-corrected chi connectivity index (χ2v) is 6.48. The van der Waals surface area contributed by atoms with Crippen molar-refractivity contribution < 1.29 is 9.90 Å². The van der Waals surface area contributed by atoms with Gasteiger partial charge in [-0.05, 0) is 48.0 Å². The maximum atomic E-state index is 13.1. The van der Waals surface area contributed by atoms with E-state index in [1.54, 1.807) is 47.4 Å². The number of rotatable bonds is 3. The van der Waals surface area contributed by atoms with Gasteiger partial charge in [-0.2, -0.15) is 0 Å². The summed E-state index contributed by atoms with van der Waals surface area (Å²) >= 11 is 5.93. The lowest BCUT2D eigenvalue weighted by Gasteiger charge is -2.18. The fourth-order valence-electron chi connectivity index (χ4n) is 2.86. The Balaban J connectivity index is 1.80. The number of hydrogen-bond acceptors (Lipinski definition) is 3. The Kier molecular flexibility index (Phi) is 4.48. The molecule has 1 heterocycles.